The second-order valence-corrected chi connectivity index (χ2v) is 3.64. The topological polar surface area (TPSA) is 24.5 Å². The second kappa shape index (κ2) is 4.80. The van der Waals surface area contributed by atoms with Crippen molar-refractivity contribution in [2.45, 2.75) is 38.8 Å². The van der Waals surface area contributed by atoms with Gasteiger partial charge in [0.15, 0.2) is 0 Å². The van der Waals surface area contributed by atoms with Gasteiger partial charge in [-0.15, -0.1) is 0 Å². The SMILES string of the molecule is CNOCC1CCCN1C(C)C. The Kier molecular flexibility index (Phi) is 3.98. The number of hydroxylamine groups is 1. The van der Waals surface area contributed by atoms with E-state index in [4.69, 9.17) is 4.84 Å². The Hall–Kier alpha value is -0.120. The van der Waals surface area contributed by atoms with E-state index in [1.54, 1.807) is 0 Å². The molecule has 0 amide bonds. The number of nitrogens with one attached hydrogen (secondary N) is 1. The summed E-state index contributed by atoms with van der Waals surface area (Å²) in [6.45, 7) is 6.54. The number of likely N-dealkylation sites (tertiary alicyclic amines) is 1. The number of rotatable bonds is 4. The summed E-state index contributed by atoms with van der Waals surface area (Å²) in [4.78, 5) is 7.72. The predicted molar refractivity (Wildman–Crippen MR) is 49.9 cm³/mol. The maximum atomic E-state index is 5.21. The molecule has 0 aromatic heterocycles. The average molecular weight is 172 g/mol. The summed E-state index contributed by atoms with van der Waals surface area (Å²) in [6, 6.07) is 1.27. The summed E-state index contributed by atoms with van der Waals surface area (Å²) >= 11 is 0. The first-order valence-corrected chi connectivity index (χ1v) is 4.80. The molecule has 0 aliphatic carbocycles. The Morgan fingerprint density at radius 1 is 1.58 bits per heavy atom. The average Bonchev–Trinajstić information content (AvgIpc) is 2.48. The summed E-state index contributed by atoms with van der Waals surface area (Å²) in [5.74, 6) is 0. The Morgan fingerprint density at radius 3 is 2.92 bits per heavy atom. The summed E-state index contributed by atoms with van der Waals surface area (Å²) in [7, 11) is 1.81. The largest absolute Gasteiger partial charge is 0.300 e. The molecule has 1 aliphatic heterocycles. The van der Waals surface area contributed by atoms with Crippen LogP contribution in [0.5, 0.6) is 0 Å². The minimum atomic E-state index is 0.623. The smallest absolute Gasteiger partial charge is 0.0837 e. The van der Waals surface area contributed by atoms with Crippen LogP contribution in [0.1, 0.15) is 26.7 Å². The van der Waals surface area contributed by atoms with Crippen LogP contribution in [0, 0.1) is 0 Å². The van der Waals surface area contributed by atoms with E-state index in [0.717, 1.165) is 6.61 Å². The van der Waals surface area contributed by atoms with Gasteiger partial charge in [0.05, 0.1) is 6.61 Å². The van der Waals surface area contributed by atoms with Gasteiger partial charge < -0.3 is 4.84 Å². The Balaban J connectivity index is 2.30. The molecule has 1 fully saturated rings. The molecule has 1 aliphatic rings. The lowest BCUT2D eigenvalue weighted by molar-refractivity contribution is 0.0136. The van der Waals surface area contributed by atoms with E-state index in [0.29, 0.717) is 12.1 Å². The highest BCUT2D eigenvalue weighted by molar-refractivity contribution is 4.80. The van der Waals surface area contributed by atoms with Crippen molar-refractivity contribution in [2.75, 3.05) is 20.2 Å². The first-order valence-electron chi connectivity index (χ1n) is 4.80. The molecule has 1 rings (SSSR count). The molecule has 1 unspecified atom stereocenters. The van der Waals surface area contributed by atoms with Crippen molar-refractivity contribution < 1.29 is 4.84 Å². The van der Waals surface area contributed by atoms with Crippen LogP contribution < -0.4 is 5.48 Å². The van der Waals surface area contributed by atoms with Gasteiger partial charge in [-0.1, -0.05) is 0 Å². The lowest BCUT2D eigenvalue weighted by atomic mass is 10.2. The number of hydrogen-bond acceptors (Lipinski definition) is 3. The monoisotopic (exact) mass is 172 g/mol. The maximum absolute atomic E-state index is 5.21. The van der Waals surface area contributed by atoms with Gasteiger partial charge in [-0.2, -0.15) is 0 Å². The fourth-order valence-corrected chi connectivity index (χ4v) is 1.90. The molecule has 0 saturated carbocycles. The highest BCUT2D eigenvalue weighted by Gasteiger charge is 2.26. The molecular weight excluding hydrogens is 152 g/mol. The molecule has 0 aromatic rings. The molecule has 1 saturated heterocycles. The van der Waals surface area contributed by atoms with Crippen LogP contribution in [0.4, 0.5) is 0 Å². The molecule has 1 N–H and O–H groups in total. The van der Waals surface area contributed by atoms with Crippen LogP contribution in [-0.4, -0.2) is 37.2 Å². The van der Waals surface area contributed by atoms with Gasteiger partial charge >= 0.3 is 0 Å². The van der Waals surface area contributed by atoms with E-state index in [1.807, 2.05) is 7.05 Å². The van der Waals surface area contributed by atoms with Gasteiger partial charge in [-0.05, 0) is 33.2 Å². The molecule has 3 heteroatoms. The zero-order chi connectivity index (χ0) is 8.97. The van der Waals surface area contributed by atoms with Crippen molar-refractivity contribution in [3.8, 4) is 0 Å². The lowest BCUT2D eigenvalue weighted by Gasteiger charge is -2.27. The van der Waals surface area contributed by atoms with Gasteiger partial charge in [0.2, 0.25) is 0 Å². The second-order valence-electron chi connectivity index (χ2n) is 3.64. The van der Waals surface area contributed by atoms with E-state index in [1.165, 1.54) is 19.4 Å². The van der Waals surface area contributed by atoms with Crippen molar-refractivity contribution in [3.05, 3.63) is 0 Å². The number of hydrogen-bond donors (Lipinski definition) is 1. The minimum absolute atomic E-state index is 0.623. The molecule has 0 aromatic carbocycles. The molecule has 0 radical (unpaired) electrons. The zero-order valence-corrected chi connectivity index (χ0v) is 8.34. The Morgan fingerprint density at radius 2 is 2.33 bits per heavy atom. The van der Waals surface area contributed by atoms with Crippen LogP contribution >= 0.6 is 0 Å². The third kappa shape index (κ3) is 2.44. The third-order valence-corrected chi connectivity index (χ3v) is 2.51. The molecule has 3 nitrogen and oxygen atoms in total. The summed E-state index contributed by atoms with van der Waals surface area (Å²) < 4.78 is 0. The maximum Gasteiger partial charge on any atom is 0.0837 e. The minimum Gasteiger partial charge on any atom is -0.300 e. The van der Waals surface area contributed by atoms with Crippen molar-refractivity contribution >= 4 is 0 Å². The standard InChI is InChI=1S/C9H20N2O/c1-8(2)11-6-4-5-9(11)7-12-10-3/h8-10H,4-7H2,1-3H3. The van der Waals surface area contributed by atoms with Crippen LogP contribution in [-0.2, 0) is 4.84 Å². The molecule has 1 heterocycles. The van der Waals surface area contributed by atoms with Gasteiger partial charge in [0, 0.05) is 19.1 Å². The Bertz CT molecular complexity index is 128. The number of nitrogens with zero attached hydrogens (tertiary/aromatic N) is 1. The predicted octanol–water partition coefficient (Wildman–Crippen LogP) is 1.01. The van der Waals surface area contributed by atoms with Crippen LogP contribution in [0.25, 0.3) is 0 Å². The quantitative estimate of drug-likeness (QED) is 0.641. The normalized spacial score (nSPS) is 25.5. The molecule has 72 valence electrons. The first kappa shape index (κ1) is 9.96. The van der Waals surface area contributed by atoms with Gasteiger partial charge in [-0.25, -0.2) is 5.48 Å². The van der Waals surface area contributed by atoms with Crippen molar-refractivity contribution in [2.24, 2.45) is 0 Å². The first-order chi connectivity index (χ1) is 5.75. The summed E-state index contributed by atoms with van der Waals surface area (Å²) in [5, 5.41) is 0. The fraction of sp³-hybridized carbons (Fsp3) is 1.00. The summed E-state index contributed by atoms with van der Waals surface area (Å²) in [5.41, 5.74) is 2.73. The summed E-state index contributed by atoms with van der Waals surface area (Å²) in [6.07, 6.45) is 2.59. The molecular formula is C9H20N2O. The zero-order valence-electron chi connectivity index (χ0n) is 8.34. The van der Waals surface area contributed by atoms with E-state index < -0.39 is 0 Å². The lowest BCUT2D eigenvalue weighted by Crippen LogP contribution is -2.39. The molecule has 12 heavy (non-hydrogen) atoms. The molecule has 0 spiro atoms. The van der Waals surface area contributed by atoms with Gasteiger partial charge in [0.25, 0.3) is 0 Å². The van der Waals surface area contributed by atoms with Crippen LogP contribution in [0.3, 0.4) is 0 Å². The van der Waals surface area contributed by atoms with Crippen molar-refractivity contribution in [1.29, 1.82) is 0 Å². The highest BCUT2D eigenvalue weighted by Crippen LogP contribution is 2.19. The molecule has 1 atom stereocenters. The van der Waals surface area contributed by atoms with E-state index in [-0.39, 0.29) is 0 Å². The van der Waals surface area contributed by atoms with E-state index >= 15 is 0 Å². The van der Waals surface area contributed by atoms with Crippen molar-refractivity contribution in [1.82, 2.24) is 10.4 Å². The van der Waals surface area contributed by atoms with Crippen LogP contribution in [0.15, 0.2) is 0 Å². The van der Waals surface area contributed by atoms with Gasteiger partial charge in [0.1, 0.15) is 0 Å². The molecule has 0 bridgehead atoms. The van der Waals surface area contributed by atoms with Gasteiger partial charge in [-0.3, -0.25) is 4.90 Å². The fourth-order valence-electron chi connectivity index (χ4n) is 1.90. The van der Waals surface area contributed by atoms with E-state index in [2.05, 4.69) is 24.2 Å². The third-order valence-electron chi connectivity index (χ3n) is 2.51. The van der Waals surface area contributed by atoms with Crippen molar-refractivity contribution in [3.63, 3.8) is 0 Å². The Labute approximate surface area is 75.0 Å². The highest BCUT2D eigenvalue weighted by atomic mass is 16.6. The van der Waals surface area contributed by atoms with Crippen LogP contribution in [0.2, 0.25) is 0 Å². The van der Waals surface area contributed by atoms with E-state index in [9.17, 15) is 0 Å².